The second-order valence-electron chi connectivity index (χ2n) is 3.80. The van der Waals surface area contributed by atoms with Gasteiger partial charge in [0.25, 0.3) is 0 Å². The molecule has 0 amide bonds. The van der Waals surface area contributed by atoms with Gasteiger partial charge >= 0.3 is 0 Å². The summed E-state index contributed by atoms with van der Waals surface area (Å²) in [5, 5.41) is 0. The van der Waals surface area contributed by atoms with E-state index < -0.39 is 0 Å². The summed E-state index contributed by atoms with van der Waals surface area (Å²) >= 11 is 2.52. The Morgan fingerprint density at radius 2 is 1.54 bits per heavy atom. The van der Waals surface area contributed by atoms with Crippen LogP contribution in [0.2, 0.25) is 0 Å². The van der Waals surface area contributed by atoms with Crippen molar-refractivity contribution < 1.29 is 0 Å². The molecule has 0 aromatic rings. The summed E-state index contributed by atoms with van der Waals surface area (Å²) in [7, 11) is 0. The van der Waals surface area contributed by atoms with Crippen LogP contribution in [0.25, 0.3) is 0 Å². The van der Waals surface area contributed by atoms with Gasteiger partial charge in [-0.05, 0) is 12.8 Å². The first kappa shape index (κ1) is 13.7. The summed E-state index contributed by atoms with van der Waals surface area (Å²) < 4.78 is 0.813. The number of hydrogen-bond acceptors (Lipinski definition) is 0. The standard InChI is InChI=1S/C12H24I/c1-3-5-6-7-8-9-10-11-12(13)4-2/h12H,2-11H2,1H3. The highest BCUT2D eigenvalue weighted by atomic mass is 127. The topological polar surface area (TPSA) is 0 Å². The van der Waals surface area contributed by atoms with Crippen molar-refractivity contribution in [1.29, 1.82) is 0 Å². The maximum atomic E-state index is 3.92. The smallest absolute Gasteiger partial charge is 0.0110 e. The van der Waals surface area contributed by atoms with E-state index in [1.54, 1.807) is 0 Å². The van der Waals surface area contributed by atoms with Gasteiger partial charge in [-0.15, -0.1) is 0 Å². The fraction of sp³-hybridized carbons (Fsp3) is 0.917. The quantitative estimate of drug-likeness (QED) is 0.313. The molecule has 0 fully saturated rings. The molecule has 0 nitrogen and oxygen atoms in total. The van der Waals surface area contributed by atoms with Crippen LogP contribution in [0.3, 0.4) is 0 Å². The van der Waals surface area contributed by atoms with Crippen molar-refractivity contribution in [3.05, 3.63) is 6.92 Å². The zero-order valence-electron chi connectivity index (χ0n) is 9.03. The number of unbranched alkanes of at least 4 members (excludes halogenated alkanes) is 6. The molecule has 79 valence electrons. The van der Waals surface area contributed by atoms with E-state index in [4.69, 9.17) is 0 Å². The normalized spacial score (nSPS) is 13.2. The largest absolute Gasteiger partial charge is 0.0826 e. The minimum atomic E-state index is 0.813. The second kappa shape index (κ2) is 10.8. The lowest BCUT2D eigenvalue weighted by Gasteiger charge is -2.05. The number of hydrogen-bond donors (Lipinski definition) is 0. The summed E-state index contributed by atoms with van der Waals surface area (Å²) in [6, 6.07) is 0. The maximum absolute atomic E-state index is 3.92. The van der Waals surface area contributed by atoms with Crippen LogP contribution in [0.1, 0.15) is 64.7 Å². The average Bonchev–Trinajstić information content (AvgIpc) is 2.16. The first-order valence-corrected chi connectivity index (χ1v) is 6.99. The average molecular weight is 295 g/mol. The van der Waals surface area contributed by atoms with Gasteiger partial charge in [0.15, 0.2) is 0 Å². The zero-order chi connectivity index (χ0) is 9.94. The Kier molecular flexibility index (Phi) is 11.4. The van der Waals surface area contributed by atoms with Crippen LogP contribution in [0.4, 0.5) is 0 Å². The molecular formula is C12H24I. The molecule has 1 atom stereocenters. The van der Waals surface area contributed by atoms with Gasteiger partial charge in [-0.1, -0.05) is 81.4 Å². The van der Waals surface area contributed by atoms with Crippen molar-refractivity contribution in [3.8, 4) is 0 Å². The summed E-state index contributed by atoms with van der Waals surface area (Å²) in [5.74, 6) is 0. The van der Waals surface area contributed by atoms with Crippen LogP contribution in [0, 0.1) is 6.92 Å². The van der Waals surface area contributed by atoms with E-state index in [0.29, 0.717) is 0 Å². The molecule has 0 bridgehead atoms. The minimum absolute atomic E-state index is 0.813. The SMILES string of the molecule is [CH2]CC(I)CCCCCCCCC. The summed E-state index contributed by atoms with van der Waals surface area (Å²) in [4.78, 5) is 0. The molecule has 0 aromatic carbocycles. The Morgan fingerprint density at radius 1 is 1.00 bits per heavy atom. The van der Waals surface area contributed by atoms with Gasteiger partial charge < -0.3 is 0 Å². The lowest BCUT2D eigenvalue weighted by molar-refractivity contribution is 0.573. The van der Waals surface area contributed by atoms with E-state index in [1.807, 2.05) is 0 Å². The van der Waals surface area contributed by atoms with Crippen molar-refractivity contribution in [2.24, 2.45) is 0 Å². The monoisotopic (exact) mass is 295 g/mol. The fourth-order valence-electron chi connectivity index (χ4n) is 1.47. The van der Waals surface area contributed by atoms with E-state index >= 15 is 0 Å². The first-order valence-electron chi connectivity index (χ1n) is 5.74. The van der Waals surface area contributed by atoms with Crippen molar-refractivity contribution >= 4 is 22.6 Å². The predicted octanol–water partition coefficient (Wildman–Crippen LogP) is 5.15. The lowest BCUT2D eigenvalue weighted by atomic mass is 10.1. The van der Waals surface area contributed by atoms with E-state index in [2.05, 4.69) is 36.4 Å². The van der Waals surface area contributed by atoms with Crippen molar-refractivity contribution in [1.82, 2.24) is 0 Å². The van der Waals surface area contributed by atoms with E-state index in [9.17, 15) is 0 Å². The van der Waals surface area contributed by atoms with Crippen LogP contribution in [-0.4, -0.2) is 3.92 Å². The summed E-state index contributed by atoms with van der Waals surface area (Å²) in [5.41, 5.74) is 0. The Hall–Kier alpha value is 0.730. The van der Waals surface area contributed by atoms with Crippen LogP contribution in [0.5, 0.6) is 0 Å². The molecule has 0 saturated heterocycles. The molecule has 0 aliphatic heterocycles. The van der Waals surface area contributed by atoms with Crippen molar-refractivity contribution in [2.75, 3.05) is 0 Å². The van der Waals surface area contributed by atoms with Crippen molar-refractivity contribution in [2.45, 2.75) is 68.6 Å². The molecule has 0 rings (SSSR count). The van der Waals surface area contributed by atoms with Crippen LogP contribution >= 0.6 is 22.6 Å². The van der Waals surface area contributed by atoms with E-state index in [-0.39, 0.29) is 0 Å². The Bertz CT molecular complexity index is 91.1. The van der Waals surface area contributed by atoms with Crippen molar-refractivity contribution in [3.63, 3.8) is 0 Å². The third kappa shape index (κ3) is 10.7. The lowest BCUT2D eigenvalue weighted by Crippen LogP contribution is -1.94. The third-order valence-electron chi connectivity index (χ3n) is 2.43. The molecular weight excluding hydrogens is 271 g/mol. The van der Waals surface area contributed by atoms with Gasteiger partial charge in [-0.3, -0.25) is 0 Å². The predicted molar refractivity (Wildman–Crippen MR) is 70.4 cm³/mol. The number of halogens is 1. The molecule has 13 heavy (non-hydrogen) atoms. The highest BCUT2D eigenvalue weighted by Crippen LogP contribution is 2.15. The fourth-order valence-corrected chi connectivity index (χ4v) is 1.91. The van der Waals surface area contributed by atoms with Crippen LogP contribution in [-0.2, 0) is 0 Å². The van der Waals surface area contributed by atoms with Crippen LogP contribution < -0.4 is 0 Å². The number of rotatable bonds is 9. The molecule has 0 aliphatic carbocycles. The summed E-state index contributed by atoms with van der Waals surface area (Å²) in [6.07, 6.45) is 12.4. The highest BCUT2D eigenvalue weighted by Gasteiger charge is 1.99. The molecule has 0 heterocycles. The van der Waals surface area contributed by atoms with Gasteiger partial charge in [0.05, 0.1) is 0 Å². The molecule has 0 saturated carbocycles. The highest BCUT2D eigenvalue weighted by molar-refractivity contribution is 14.1. The van der Waals surface area contributed by atoms with E-state index in [0.717, 1.165) is 10.3 Å². The Morgan fingerprint density at radius 3 is 2.08 bits per heavy atom. The Labute approximate surface area is 98.0 Å². The van der Waals surface area contributed by atoms with Crippen LogP contribution in [0.15, 0.2) is 0 Å². The van der Waals surface area contributed by atoms with Gasteiger partial charge in [-0.2, -0.15) is 0 Å². The molecule has 0 N–H and O–H groups in total. The van der Waals surface area contributed by atoms with Gasteiger partial charge in [0.1, 0.15) is 0 Å². The molecule has 0 aromatic heterocycles. The summed E-state index contributed by atoms with van der Waals surface area (Å²) in [6.45, 7) is 6.19. The molecule has 1 unspecified atom stereocenters. The van der Waals surface area contributed by atoms with Gasteiger partial charge in [-0.25, -0.2) is 0 Å². The van der Waals surface area contributed by atoms with E-state index in [1.165, 1.54) is 51.4 Å². The third-order valence-corrected chi connectivity index (χ3v) is 3.68. The molecule has 1 heteroatoms. The maximum Gasteiger partial charge on any atom is 0.0110 e. The van der Waals surface area contributed by atoms with Gasteiger partial charge in [0.2, 0.25) is 0 Å². The molecule has 0 aliphatic rings. The Balaban J connectivity index is 2.91. The zero-order valence-corrected chi connectivity index (χ0v) is 11.2. The first-order chi connectivity index (χ1) is 6.31. The van der Waals surface area contributed by atoms with Gasteiger partial charge in [0, 0.05) is 3.92 Å². The number of alkyl halides is 1. The minimum Gasteiger partial charge on any atom is -0.0826 e. The molecule has 0 spiro atoms. The second-order valence-corrected chi connectivity index (χ2v) is 5.56. The molecule has 1 radical (unpaired) electrons.